The molecule has 1 atom stereocenters. The molecule has 0 spiro atoms. The van der Waals surface area contributed by atoms with Crippen LogP contribution in [0.2, 0.25) is 0 Å². The molecule has 1 aromatic carbocycles. The fourth-order valence-corrected chi connectivity index (χ4v) is 2.54. The summed E-state index contributed by atoms with van der Waals surface area (Å²) in [5, 5.41) is 0. The molecule has 0 unspecified atom stereocenters. The molecule has 1 saturated heterocycles. The maximum absolute atomic E-state index is 13.7. The first-order valence-electron chi connectivity index (χ1n) is 7.18. The van der Waals surface area contributed by atoms with Gasteiger partial charge in [0.25, 0.3) is 0 Å². The highest BCUT2D eigenvalue weighted by atomic mass is 19.1. The van der Waals surface area contributed by atoms with Crippen molar-refractivity contribution < 1.29 is 18.3 Å². The highest BCUT2D eigenvalue weighted by Gasteiger charge is 2.34. The lowest BCUT2D eigenvalue weighted by Crippen LogP contribution is -2.40. The van der Waals surface area contributed by atoms with Gasteiger partial charge >= 0.3 is 5.97 Å². The molecule has 0 aliphatic carbocycles. The number of carbonyl (C=O) groups is 1. The Morgan fingerprint density at radius 2 is 1.95 bits per heavy atom. The minimum atomic E-state index is -0.579. The van der Waals surface area contributed by atoms with Gasteiger partial charge in [-0.05, 0) is 52.3 Å². The van der Waals surface area contributed by atoms with E-state index >= 15 is 0 Å². The van der Waals surface area contributed by atoms with E-state index in [4.69, 9.17) is 4.74 Å². The van der Waals surface area contributed by atoms with Gasteiger partial charge < -0.3 is 4.74 Å². The number of esters is 1. The number of halogens is 2. The van der Waals surface area contributed by atoms with Gasteiger partial charge in [0.2, 0.25) is 0 Å². The van der Waals surface area contributed by atoms with Gasteiger partial charge in [0.1, 0.15) is 23.3 Å². The van der Waals surface area contributed by atoms with Crippen molar-refractivity contribution in [1.29, 1.82) is 0 Å². The number of likely N-dealkylation sites (tertiary alicyclic amines) is 1. The van der Waals surface area contributed by atoms with Crippen molar-refractivity contribution in [2.45, 2.75) is 51.8 Å². The molecule has 0 radical (unpaired) electrons. The summed E-state index contributed by atoms with van der Waals surface area (Å²) in [6, 6.07) is 3.38. The Morgan fingerprint density at radius 3 is 2.52 bits per heavy atom. The van der Waals surface area contributed by atoms with Crippen LogP contribution in [0, 0.1) is 11.6 Å². The SMILES string of the molecule is CC(C)(C)OC(=O)[C@H]1CCCN1Cc1c(F)cccc1F. The van der Waals surface area contributed by atoms with Crippen LogP contribution in [0.15, 0.2) is 18.2 Å². The summed E-state index contributed by atoms with van der Waals surface area (Å²) in [4.78, 5) is 14.0. The van der Waals surface area contributed by atoms with E-state index < -0.39 is 23.3 Å². The van der Waals surface area contributed by atoms with Crippen LogP contribution in [0.5, 0.6) is 0 Å². The maximum Gasteiger partial charge on any atom is 0.323 e. The Hall–Kier alpha value is -1.49. The van der Waals surface area contributed by atoms with Gasteiger partial charge in [-0.15, -0.1) is 0 Å². The Labute approximate surface area is 123 Å². The highest BCUT2D eigenvalue weighted by molar-refractivity contribution is 5.76. The zero-order valence-electron chi connectivity index (χ0n) is 12.7. The Morgan fingerprint density at radius 1 is 1.33 bits per heavy atom. The van der Waals surface area contributed by atoms with Crippen LogP contribution < -0.4 is 0 Å². The monoisotopic (exact) mass is 297 g/mol. The van der Waals surface area contributed by atoms with Crippen molar-refractivity contribution in [3.63, 3.8) is 0 Å². The predicted molar refractivity (Wildman–Crippen MR) is 75.6 cm³/mol. The van der Waals surface area contributed by atoms with Crippen LogP contribution in [0.25, 0.3) is 0 Å². The molecule has 1 aliphatic rings. The fraction of sp³-hybridized carbons (Fsp3) is 0.562. The van der Waals surface area contributed by atoms with Crippen molar-refractivity contribution in [3.8, 4) is 0 Å². The van der Waals surface area contributed by atoms with E-state index in [2.05, 4.69) is 0 Å². The molecule has 0 N–H and O–H groups in total. The first kappa shape index (κ1) is 15.9. The zero-order valence-corrected chi connectivity index (χ0v) is 12.7. The van der Waals surface area contributed by atoms with Gasteiger partial charge in [0, 0.05) is 12.1 Å². The number of nitrogens with zero attached hydrogens (tertiary/aromatic N) is 1. The van der Waals surface area contributed by atoms with E-state index in [0.717, 1.165) is 6.42 Å². The van der Waals surface area contributed by atoms with Crippen LogP contribution in [0.4, 0.5) is 8.78 Å². The third kappa shape index (κ3) is 4.00. The van der Waals surface area contributed by atoms with E-state index in [1.807, 2.05) is 0 Å². The smallest absolute Gasteiger partial charge is 0.323 e. The van der Waals surface area contributed by atoms with Gasteiger partial charge in [0.15, 0.2) is 0 Å². The van der Waals surface area contributed by atoms with Gasteiger partial charge in [-0.25, -0.2) is 8.78 Å². The molecule has 0 aromatic heterocycles. The standard InChI is InChI=1S/C16H21F2NO2/c1-16(2,3)21-15(20)14-8-5-9-19(14)10-11-12(17)6-4-7-13(11)18/h4,6-7,14H,5,8-10H2,1-3H3/t14-/m1/s1. The topological polar surface area (TPSA) is 29.5 Å². The normalized spacial score (nSPS) is 19.8. The molecule has 116 valence electrons. The summed E-state index contributed by atoms with van der Waals surface area (Å²) in [7, 11) is 0. The average Bonchev–Trinajstić information content (AvgIpc) is 2.80. The third-order valence-corrected chi connectivity index (χ3v) is 3.47. The van der Waals surface area contributed by atoms with Crippen molar-refractivity contribution in [2.24, 2.45) is 0 Å². The van der Waals surface area contributed by atoms with Crippen LogP contribution in [0.1, 0.15) is 39.2 Å². The van der Waals surface area contributed by atoms with E-state index in [-0.39, 0.29) is 18.1 Å². The lowest BCUT2D eigenvalue weighted by atomic mass is 10.1. The van der Waals surface area contributed by atoms with Gasteiger partial charge in [0.05, 0.1) is 0 Å². The lowest BCUT2D eigenvalue weighted by Gasteiger charge is -2.27. The maximum atomic E-state index is 13.7. The summed E-state index contributed by atoms with van der Waals surface area (Å²) in [6.07, 6.45) is 1.48. The number of hydrogen-bond donors (Lipinski definition) is 0. The van der Waals surface area contributed by atoms with E-state index in [1.165, 1.54) is 18.2 Å². The molecule has 0 saturated carbocycles. The number of carbonyl (C=O) groups excluding carboxylic acids is 1. The molecule has 1 fully saturated rings. The van der Waals surface area contributed by atoms with E-state index in [1.54, 1.807) is 25.7 Å². The fourth-order valence-electron chi connectivity index (χ4n) is 2.54. The summed E-state index contributed by atoms with van der Waals surface area (Å²) < 4.78 is 32.8. The molecule has 3 nitrogen and oxygen atoms in total. The molecule has 0 bridgehead atoms. The van der Waals surface area contributed by atoms with Crippen molar-refractivity contribution in [2.75, 3.05) is 6.54 Å². The largest absolute Gasteiger partial charge is 0.459 e. The third-order valence-electron chi connectivity index (χ3n) is 3.47. The Balaban J connectivity index is 2.11. The second-order valence-electron chi connectivity index (χ2n) is 6.36. The minimum absolute atomic E-state index is 0.00737. The van der Waals surface area contributed by atoms with Crippen LogP contribution in [-0.4, -0.2) is 29.1 Å². The van der Waals surface area contributed by atoms with Crippen molar-refractivity contribution in [3.05, 3.63) is 35.4 Å². The van der Waals surface area contributed by atoms with Gasteiger partial charge in [-0.1, -0.05) is 6.07 Å². The van der Waals surface area contributed by atoms with E-state index in [0.29, 0.717) is 13.0 Å². The molecule has 2 rings (SSSR count). The number of benzene rings is 1. The number of ether oxygens (including phenoxy) is 1. The van der Waals surface area contributed by atoms with Crippen molar-refractivity contribution >= 4 is 5.97 Å². The quantitative estimate of drug-likeness (QED) is 0.802. The lowest BCUT2D eigenvalue weighted by molar-refractivity contribution is -0.160. The molecular weight excluding hydrogens is 276 g/mol. The second kappa shape index (κ2) is 6.10. The second-order valence-corrected chi connectivity index (χ2v) is 6.36. The molecule has 21 heavy (non-hydrogen) atoms. The van der Waals surface area contributed by atoms with Crippen molar-refractivity contribution in [1.82, 2.24) is 4.90 Å². The first-order valence-corrected chi connectivity index (χ1v) is 7.18. The number of hydrogen-bond acceptors (Lipinski definition) is 3. The van der Waals surface area contributed by atoms with E-state index in [9.17, 15) is 13.6 Å². The summed E-state index contributed by atoms with van der Waals surface area (Å²) in [6.45, 7) is 6.14. The number of rotatable bonds is 3. The van der Waals surface area contributed by atoms with Crippen LogP contribution >= 0.6 is 0 Å². The molecule has 5 heteroatoms. The Bertz CT molecular complexity index is 505. The molecule has 1 aromatic rings. The summed E-state index contributed by atoms with van der Waals surface area (Å²) in [5.41, 5.74) is -0.554. The average molecular weight is 297 g/mol. The van der Waals surface area contributed by atoms with Gasteiger partial charge in [-0.2, -0.15) is 0 Å². The highest BCUT2D eigenvalue weighted by Crippen LogP contribution is 2.25. The summed E-state index contributed by atoms with van der Waals surface area (Å²) >= 11 is 0. The first-order chi connectivity index (χ1) is 9.78. The predicted octanol–water partition coefficient (Wildman–Crippen LogP) is 3.27. The van der Waals surface area contributed by atoms with Crippen LogP contribution in [-0.2, 0) is 16.1 Å². The minimum Gasteiger partial charge on any atom is -0.459 e. The van der Waals surface area contributed by atoms with Gasteiger partial charge in [-0.3, -0.25) is 9.69 Å². The molecule has 0 amide bonds. The summed E-state index contributed by atoms with van der Waals surface area (Å²) in [5.74, 6) is -1.48. The Kier molecular flexibility index (Phi) is 4.61. The molecule has 1 aliphatic heterocycles. The molecular formula is C16H21F2NO2. The zero-order chi connectivity index (χ0) is 15.6. The van der Waals surface area contributed by atoms with Crippen LogP contribution in [0.3, 0.4) is 0 Å². The molecule has 1 heterocycles.